The van der Waals surface area contributed by atoms with Gasteiger partial charge in [0.1, 0.15) is 23.7 Å². The number of ketones is 8. The van der Waals surface area contributed by atoms with E-state index in [4.69, 9.17) is 30.5 Å². The van der Waals surface area contributed by atoms with Crippen molar-refractivity contribution >= 4 is 57.9 Å². The van der Waals surface area contributed by atoms with Crippen molar-refractivity contribution in [3.05, 3.63) is 281 Å². The van der Waals surface area contributed by atoms with E-state index < -0.39 is 23.7 Å². The fraction of sp³-hybridized carbons (Fsp3) is 0.379. The Labute approximate surface area is 689 Å². The van der Waals surface area contributed by atoms with Crippen molar-refractivity contribution in [2.45, 2.75) is 177 Å². The minimum Gasteiger partial charge on any atom is -0.381 e. The van der Waals surface area contributed by atoms with Gasteiger partial charge >= 0.3 is 0 Å². The van der Waals surface area contributed by atoms with E-state index in [1.54, 1.807) is 0 Å². The van der Waals surface area contributed by atoms with Crippen LogP contribution < -0.4 is 0 Å². The molecule has 0 amide bonds. The van der Waals surface area contributed by atoms with Crippen molar-refractivity contribution in [2.75, 3.05) is 52.9 Å². The zero-order valence-corrected chi connectivity index (χ0v) is 70.0. The van der Waals surface area contributed by atoms with Crippen LogP contribution in [0, 0.1) is 99.8 Å². The maximum atomic E-state index is 13.2. The highest BCUT2D eigenvalue weighted by molar-refractivity contribution is 6.31. The van der Waals surface area contributed by atoms with E-state index in [1.807, 2.05) is 117 Å². The van der Waals surface area contributed by atoms with Gasteiger partial charge in [-0.1, -0.05) is 187 Å². The third-order valence-electron chi connectivity index (χ3n) is 24.8. The number of allylic oxidation sites excluding steroid dienone is 8. The molecule has 8 aromatic rings. The molecule has 4 atom stereocenters. The van der Waals surface area contributed by atoms with E-state index in [1.165, 1.54) is 11.1 Å². The quantitative estimate of drug-likeness (QED) is 0.0838. The van der Waals surface area contributed by atoms with Crippen molar-refractivity contribution < 1.29 is 57.3 Å². The predicted molar refractivity (Wildman–Crippen MR) is 461 cm³/mol. The standard InChI is InChI=1S/C26H27ClO3.2C26H28O3.C25H26O3/c1-15-4-5-19(13-22(15)27)20-10-16(2)24(17(3)11-20)25-23(28)14-21(26(25)29)12-18-6-8-30-9-7-18;2*1-16-4-6-20(7-5-16)21-12-17(2)24(18(3)13-21)25-23(27)15-22(26(25)28)14-19-8-10-29-11-9-19;1-16-12-20(19-6-4-3-5-7-19)13-17(2)23(16)24-22(26)15-21(25(24)27)14-18-8-10-28-11-9-18/h4-5,10-13,18,25H,6-9,14H2,1-3H3;2*4-7,12-14,19,25H,8-11,15H2,1-3H3;3-7,12-14,18,24H,8-11,15H2,1-2H3/b21-12+;2*22-14+;21-14+. The second kappa shape index (κ2) is 37.6. The molecule has 0 radical (unpaired) electrons. The molecular weight excluding hydrogens is 1460 g/mol. The Morgan fingerprint density at radius 2 is 0.483 bits per heavy atom. The van der Waals surface area contributed by atoms with Gasteiger partial charge in [-0.05, 0) is 296 Å². The van der Waals surface area contributed by atoms with Gasteiger partial charge in [0.2, 0.25) is 0 Å². The largest absolute Gasteiger partial charge is 0.381 e. The van der Waals surface area contributed by atoms with Crippen LogP contribution >= 0.6 is 11.6 Å². The molecular formula is C103H109ClO12. The van der Waals surface area contributed by atoms with Gasteiger partial charge in [-0.2, -0.15) is 0 Å². The lowest BCUT2D eigenvalue weighted by molar-refractivity contribution is -0.124. The van der Waals surface area contributed by atoms with Crippen LogP contribution in [0.3, 0.4) is 0 Å². The van der Waals surface area contributed by atoms with Gasteiger partial charge in [-0.3, -0.25) is 38.4 Å². The molecule has 12 nitrogen and oxygen atoms in total. The van der Waals surface area contributed by atoms with Crippen LogP contribution in [-0.2, 0) is 57.3 Å². The van der Waals surface area contributed by atoms with Gasteiger partial charge < -0.3 is 18.9 Å². The zero-order valence-electron chi connectivity index (χ0n) is 69.2. The van der Waals surface area contributed by atoms with Crippen LogP contribution in [0.15, 0.2) is 192 Å². The number of Topliss-reactive ketones (excluding diaryl/α,β-unsaturated/α-hetero) is 8. The average molecular weight is 1570 g/mol. The molecule has 16 rings (SSSR count). The molecule has 0 spiro atoms. The monoisotopic (exact) mass is 1570 g/mol. The van der Waals surface area contributed by atoms with E-state index >= 15 is 0 Å². The van der Waals surface area contributed by atoms with Crippen LogP contribution in [0.25, 0.3) is 44.5 Å². The van der Waals surface area contributed by atoms with Crippen LogP contribution in [0.1, 0.15) is 184 Å². The Kier molecular flexibility index (Phi) is 27.3. The summed E-state index contributed by atoms with van der Waals surface area (Å²) in [5.41, 5.74) is 26.7. The van der Waals surface area contributed by atoms with Crippen LogP contribution in [0.5, 0.6) is 0 Å². The Morgan fingerprint density at radius 1 is 0.259 bits per heavy atom. The molecule has 4 saturated carbocycles. The molecule has 4 heterocycles. The van der Waals surface area contributed by atoms with Gasteiger partial charge in [-0.15, -0.1) is 0 Å². The minimum atomic E-state index is -0.674. The fourth-order valence-electron chi connectivity index (χ4n) is 18.5. The van der Waals surface area contributed by atoms with Gasteiger partial charge in [0, 0.05) is 83.6 Å². The molecule has 4 unspecified atom stereocenters. The molecule has 13 heteroatoms. The summed E-state index contributed by atoms with van der Waals surface area (Å²) in [6.07, 6.45) is 16.6. The lowest BCUT2D eigenvalue weighted by atomic mass is 9.85. The lowest BCUT2D eigenvalue weighted by Gasteiger charge is -2.19. The second-order valence-electron chi connectivity index (χ2n) is 33.5. The Balaban J connectivity index is 0.000000135. The summed E-state index contributed by atoms with van der Waals surface area (Å²) in [6.45, 7) is 28.0. The first-order chi connectivity index (χ1) is 55.8. The summed E-state index contributed by atoms with van der Waals surface area (Å²) >= 11 is 6.31. The summed E-state index contributed by atoms with van der Waals surface area (Å²) in [5, 5.41) is 0.732. The van der Waals surface area contributed by atoms with Crippen molar-refractivity contribution in [1.29, 1.82) is 0 Å². The van der Waals surface area contributed by atoms with Crippen LogP contribution in [0.2, 0.25) is 5.02 Å². The van der Waals surface area contributed by atoms with E-state index in [2.05, 4.69) is 129 Å². The summed E-state index contributed by atoms with van der Waals surface area (Å²) < 4.78 is 21.6. The topological polar surface area (TPSA) is 173 Å². The molecule has 0 bridgehead atoms. The van der Waals surface area contributed by atoms with Gasteiger partial charge in [0.05, 0.1) is 0 Å². The summed E-state index contributed by atoms with van der Waals surface area (Å²) in [7, 11) is 0. The third-order valence-corrected chi connectivity index (χ3v) is 25.2. The van der Waals surface area contributed by atoms with Crippen LogP contribution in [0.4, 0.5) is 0 Å². The van der Waals surface area contributed by atoms with E-state index in [0.717, 1.165) is 226 Å². The molecule has 0 aromatic heterocycles. The highest BCUT2D eigenvalue weighted by atomic mass is 35.5. The number of hydrogen-bond donors (Lipinski definition) is 0. The maximum Gasteiger partial charge on any atom is 0.173 e. The average Bonchev–Trinajstić information content (AvgIpc) is 1.61. The molecule has 600 valence electrons. The van der Waals surface area contributed by atoms with E-state index in [-0.39, 0.29) is 71.9 Å². The smallest absolute Gasteiger partial charge is 0.173 e. The number of aryl methyl sites for hydroxylation is 11. The van der Waals surface area contributed by atoms with Crippen LogP contribution in [-0.4, -0.2) is 99.1 Å². The first kappa shape index (κ1) is 84.1. The first-order valence-corrected chi connectivity index (χ1v) is 42.0. The molecule has 0 N–H and O–H groups in total. The molecule has 4 aliphatic carbocycles. The number of benzene rings is 8. The normalized spacial score (nSPS) is 21.9. The summed E-state index contributed by atoms with van der Waals surface area (Å²) in [6, 6.07) is 49.8. The second-order valence-corrected chi connectivity index (χ2v) is 33.9. The summed E-state index contributed by atoms with van der Waals surface area (Å²) in [5.74, 6) is -1.17. The molecule has 8 fully saturated rings. The Morgan fingerprint density at radius 3 is 0.724 bits per heavy atom. The predicted octanol–water partition coefficient (Wildman–Crippen LogP) is 21.4. The lowest BCUT2D eigenvalue weighted by Crippen LogP contribution is -2.17. The maximum absolute atomic E-state index is 13.2. The van der Waals surface area contributed by atoms with Crippen molar-refractivity contribution in [2.24, 2.45) is 23.7 Å². The van der Waals surface area contributed by atoms with Gasteiger partial charge in [0.15, 0.2) is 46.3 Å². The third kappa shape index (κ3) is 19.4. The van der Waals surface area contributed by atoms with E-state index in [9.17, 15) is 38.4 Å². The number of ether oxygens (including phenoxy) is 4. The fourth-order valence-corrected chi connectivity index (χ4v) is 18.7. The van der Waals surface area contributed by atoms with Crippen molar-refractivity contribution in [3.8, 4) is 44.5 Å². The van der Waals surface area contributed by atoms with Gasteiger partial charge in [0.25, 0.3) is 0 Å². The Bertz CT molecular complexity index is 4980. The molecule has 4 aliphatic heterocycles. The Hall–Kier alpha value is -9.79. The number of carbonyl (C=O) groups is 8. The minimum absolute atomic E-state index is 0.00391. The molecule has 4 saturated heterocycles. The van der Waals surface area contributed by atoms with E-state index in [0.29, 0.717) is 46.0 Å². The number of rotatable bonds is 12. The number of carbonyl (C=O) groups excluding carboxylic acids is 8. The highest BCUT2D eigenvalue weighted by Gasteiger charge is 2.44. The zero-order chi connectivity index (χ0) is 82.2. The molecule has 8 aliphatic rings. The first-order valence-electron chi connectivity index (χ1n) is 41.6. The molecule has 116 heavy (non-hydrogen) atoms. The van der Waals surface area contributed by atoms with Crippen molar-refractivity contribution in [1.82, 2.24) is 0 Å². The number of halogens is 1. The SMILES string of the molecule is Cc1cc(-c2ccccc2)cc(C)c1C1C(=O)C/C(=C\C2CCOCC2)C1=O.Cc1ccc(-c2cc(C)c(C3C(=O)C/C(=C\C4CCOCC4)C3=O)c(C)c2)cc1.Cc1ccc(-c2cc(C)c(C3C(=O)C/C(=C\C4CCOCC4)C3=O)c(C)c2)cc1.Cc1ccc(-c2cc(C)c(C3C(=O)C/C(=C\C4CCOCC4)C3=O)c(C)c2)cc1Cl. The molecule has 8 aromatic carbocycles. The highest BCUT2D eigenvalue weighted by Crippen LogP contribution is 2.44. The van der Waals surface area contributed by atoms with Gasteiger partial charge in [-0.25, -0.2) is 0 Å². The number of hydrogen-bond acceptors (Lipinski definition) is 12. The van der Waals surface area contributed by atoms with Crippen molar-refractivity contribution in [3.63, 3.8) is 0 Å². The summed E-state index contributed by atoms with van der Waals surface area (Å²) in [4.78, 5) is 104.